The van der Waals surface area contributed by atoms with Gasteiger partial charge in [0.15, 0.2) is 0 Å². The third-order valence-corrected chi connectivity index (χ3v) is 3.08. The van der Waals surface area contributed by atoms with E-state index < -0.39 is 17.7 Å². The van der Waals surface area contributed by atoms with E-state index in [9.17, 15) is 13.6 Å². The summed E-state index contributed by atoms with van der Waals surface area (Å²) in [6.45, 7) is 0.517. The Labute approximate surface area is 133 Å². The van der Waals surface area contributed by atoms with Crippen LogP contribution in [-0.4, -0.2) is 12.6 Å². The van der Waals surface area contributed by atoms with Gasteiger partial charge in [0, 0.05) is 12.1 Å². The molecular formula is C18H17F2NO2. The predicted molar refractivity (Wildman–Crippen MR) is 84.6 cm³/mol. The van der Waals surface area contributed by atoms with Crippen LogP contribution in [0.1, 0.15) is 17.5 Å². The van der Waals surface area contributed by atoms with Gasteiger partial charge in [0.1, 0.15) is 18.2 Å². The molecule has 2 rings (SSSR count). The van der Waals surface area contributed by atoms with E-state index in [-0.39, 0.29) is 12.2 Å². The number of hydrogen-bond donors (Lipinski definition) is 1. The van der Waals surface area contributed by atoms with Crippen LogP contribution in [0.3, 0.4) is 0 Å². The number of amides is 1. The third kappa shape index (κ3) is 5.54. The molecule has 3 nitrogen and oxygen atoms in total. The molecule has 0 atom stereocenters. The Morgan fingerprint density at radius 1 is 1.04 bits per heavy atom. The van der Waals surface area contributed by atoms with Crippen LogP contribution >= 0.6 is 0 Å². The number of benzene rings is 2. The molecule has 0 aromatic heterocycles. The minimum Gasteiger partial charge on any atom is -0.445 e. The molecule has 1 amide bonds. The van der Waals surface area contributed by atoms with Crippen molar-refractivity contribution in [3.63, 3.8) is 0 Å². The molecule has 1 N–H and O–H groups in total. The highest BCUT2D eigenvalue weighted by molar-refractivity contribution is 5.67. The van der Waals surface area contributed by atoms with E-state index in [1.54, 1.807) is 6.08 Å². The van der Waals surface area contributed by atoms with Crippen LogP contribution in [0.5, 0.6) is 0 Å². The zero-order valence-electron chi connectivity index (χ0n) is 12.5. The second-order valence-electron chi connectivity index (χ2n) is 4.81. The monoisotopic (exact) mass is 317 g/mol. The number of carbonyl (C=O) groups excluding carboxylic acids is 1. The molecule has 0 aliphatic heterocycles. The van der Waals surface area contributed by atoms with Crippen molar-refractivity contribution >= 4 is 12.2 Å². The summed E-state index contributed by atoms with van der Waals surface area (Å²) in [7, 11) is 0. The smallest absolute Gasteiger partial charge is 0.407 e. The van der Waals surface area contributed by atoms with Gasteiger partial charge in [-0.1, -0.05) is 48.6 Å². The Kier molecular flexibility index (Phi) is 6.29. The van der Waals surface area contributed by atoms with Crippen LogP contribution in [0.2, 0.25) is 0 Å². The highest BCUT2D eigenvalue weighted by atomic mass is 19.1. The highest BCUT2D eigenvalue weighted by Crippen LogP contribution is 2.13. The maximum absolute atomic E-state index is 13.4. The van der Waals surface area contributed by atoms with Crippen molar-refractivity contribution in [2.75, 3.05) is 6.54 Å². The zero-order valence-corrected chi connectivity index (χ0v) is 12.5. The first-order valence-corrected chi connectivity index (χ1v) is 7.22. The van der Waals surface area contributed by atoms with Crippen LogP contribution in [0, 0.1) is 11.6 Å². The van der Waals surface area contributed by atoms with Crippen LogP contribution in [0.15, 0.2) is 54.6 Å². The molecule has 5 heteroatoms. The number of alkyl carbamates (subject to hydrolysis) is 1. The van der Waals surface area contributed by atoms with Crippen molar-refractivity contribution in [1.82, 2.24) is 5.32 Å². The van der Waals surface area contributed by atoms with Crippen LogP contribution in [-0.2, 0) is 11.3 Å². The maximum atomic E-state index is 13.4. The summed E-state index contributed by atoms with van der Waals surface area (Å²) in [5, 5.41) is 2.57. The molecule has 0 saturated carbocycles. The molecule has 0 bridgehead atoms. The molecule has 0 aliphatic rings. The number of rotatable bonds is 6. The minimum absolute atomic E-state index is 0.0841. The second-order valence-corrected chi connectivity index (χ2v) is 4.81. The van der Waals surface area contributed by atoms with E-state index >= 15 is 0 Å². The Bertz CT molecular complexity index is 652. The molecule has 0 heterocycles. The summed E-state index contributed by atoms with van der Waals surface area (Å²) in [5.41, 5.74) is 0.816. The van der Waals surface area contributed by atoms with Crippen LogP contribution in [0.25, 0.3) is 6.08 Å². The lowest BCUT2D eigenvalue weighted by molar-refractivity contribution is 0.140. The minimum atomic E-state index is -0.614. The fourth-order valence-electron chi connectivity index (χ4n) is 1.90. The van der Waals surface area contributed by atoms with E-state index in [1.807, 2.05) is 30.3 Å². The quantitative estimate of drug-likeness (QED) is 0.807. The molecule has 120 valence electrons. The predicted octanol–water partition coefficient (Wildman–Crippen LogP) is 4.29. The Balaban J connectivity index is 1.69. The van der Waals surface area contributed by atoms with Gasteiger partial charge in [-0.2, -0.15) is 0 Å². The standard InChI is InChI=1S/C18H17F2NO2/c19-16-10-6-11-17(20)15(16)9-4-5-12-21-18(22)23-13-14-7-2-1-3-8-14/h1-4,6-11H,5,12-13H2,(H,21,22). The van der Waals surface area contributed by atoms with Crippen molar-refractivity contribution in [1.29, 1.82) is 0 Å². The first-order chi connectivity index (χ1) is 11.2. The molecule has 0 spiro atoms. The van der Waals surface area contributed by atoms with Gasteiger partial charge in [0.25, 0.3) is 0 Å². The normalized spacial score (nSPS) is 10.7. The largest absolute Gasteiger partial charge is 0.445 e. The first kappa shape index (κ1) is 16.7. The van der Waals surface area contributed by atoms with Gasteiger partial charge in [-0.05, 0) is 24.1 Å². The molecule has 0 unspecified atom stereocenters. The summed E-state index contributed by atoms with van der Waals surface area (Å²) >= 11 is 0. The van der Waals surface area contributed by atoms with E-state index in [1.165, 1.54) is 24.3 Å². The average Bonchev–Trinajstić information content (AvgIpc) is 2.56. The Morgan fingerprint density at radius 3 is 2.43 bits per heavy atom. The fraction of sp³-hybridized carbons (Fsp3) is 0.167. The van der Waals surface area contributed by atoms with Gasteiger partial charge >= 0.3 is 6.09 Å². The van der Waals surface area contributed by atoms with Crippen molar-refractivity contribution in [2.45, 2.75) is 13.0 Å². The molecule has 23 heavy (non-hydrogen) atoms. The van der Waals surface area contributed by atoms with E-state index in [4.69, 9.17) is 4.74 Å². The lowest BCUT2D eigenvalue weighted by atomic mass is 10.1. The van der Waals surface area contributed by atoms with E-state index in [2.05, 4.69) is 5.32 Å². The molecule has 0 fully saturated rings. The molecule has 2 aromatic rings. The van der Waals surface area contributed by atoms with Crippen LogP contribution in [0.4, 0.5) is 13.6 Å². The molecule has 0 saturated heterocycles. The van der Waals surface area contributed by atoms with Gasteiger partial charge < -0.3 is 10.1 Å². The summed E-state index contributed by atoms with van der Waals surface area (Å²) in [4.78, 5) is 11.5. The van der Waals surface area contributed by atoms with Gasteiger partial charge in [-0.25, -0.2) is 13.6 Å². The molecule has 2 aromatic carbocycles. The maximum Gasteiger partial charge on any atom is 0.407 e. The van der Waals surface area contributed by atoms with Crippen LogP contribution < -0.4 is 5.32 Å². The Morgan fingerprint density at radius 2 is 1.74 bits per heavy atom. The van der Waals surface area contributed by atoms with Crippen molar-refractivity contribution in [3.05, 3.63) is 77.4 Å². The highest BCUT2D eigenvalue weighted by Gasteiger charge is 2.04. The topological polar surface area (TPSA) is 38.3 Å². The van der Waals surface area contributed by atoms with E-state index in [0.717, 1.165) is 5.56 Å². The SMILES string of the molecule is O=C(NCCC=Cc1c(F)cccc1F)OCc1ccccc1. The molecular weight excluding hydrogens is 300 g/mol. The number of hydrogen-bond acceptors (Lipinski definition) is 2. The number of nitrogens with one attached hydrogen (secondary N) is 1. The van der Waals surface area contributed by atoms with Gasteiger partial charge in [-0.3, -0.25) is 0 Å². The molecule has 0 aliphatic carbocycles. The zero-order chi connectivity index (χ0) is 16.5. The number of carbonyl (C=O) groups is 1. The lowest BCUT2D eigenvalue weighted by Crippen LogP contribution is -2.24. The number of ether oxygens (including phenoxy) is 1. The van der Waals surface area contributed by atoms with Gasteiger partial charge in [-0.15, -0.1) is 0 Å². The lowest BCUT2D eigenvalue weighted by Gasteiger charge is -2.06. The Hall–Kier alpha value is -2.69. The fourth-order valence-corrected chi connectivity index (χ4v) is 1.90. The first-order valence-electron chi connectivity index (χ1n) is 7.22. The van der Waals surface area contributed by atoms with Crippen molar-refractivity contribution < 1.29 is 18.3 Å². The van der Waals surface area contributed by atoms with E-state index in [0.29, 0.717) is 13.0 Å². The summed E-state index contributed by atoms with van der Waals surface area (Å²) in [6.07, 6.45) is 2.87. The summed E-state index contributed by atoms with van der Waals surface area (Å²) in [6, 6.07) is 13.0. The third-order valence-electron chi connectivity index (χ3n) is 3.08. The summed E-state index contributed by atoms with van der Waals surface area (Å²) < 4.78 is 31.8. The van der Waals surface area contributed by atoms with Gasteiger partial charge in [0.2, 0.25) is 0 Å². The average molecular weight is 317 g/mol. The van der Waals surface area contributed by atoms with Crippen molar-refractivity contribution in [3.8, 4) is 0 Å². The number of halogens is 2. The second kappa shape index (κ2) is 8.68. The summed E-state index contributed by atoms with van der Waals surface area (Å²) in [5.74, 6) is -1.23. The molecule has 0 radical (unpaired) electrons. The van der Waals surface area contributed by atoms with Crippen molar-refractivity contribution in [2.24, 2.45) is 0 Å². The van der Waals surface area contributed by atoms with Gasteiger partial charge in [0.05, 0.1) is 0 Å².